The second kappa shape index (κ2) is 13.0. The molecule has 0 bridgehead atoms. The van der Waals surface area contributed by atoms with Crippen molar-refractivity contribution in [3.05, 3.63) is 42.1 Å². The van der Waals surface area contributed by atoms with Crippen molar-refractivity contribution < 1.29 is 23.0 Å². The highest BCUT2D eigenvalue weighted by Crippen LogP contribution is 2.29. The molecule has 1 heterocycles. The molecule has 0 amide bonds. The molecule has 0 fully saturated rings. The number of guanidine groups is 1. The molecule has 160 valence electrons. The molecule has 0 atom stereocenters. The number of nitrogens with two attached hydrogens (primary N) is 1. The molecular formula is C19H25F2IN4O3. The van der Waals surface area contributed by atoms with E-state index < -0.39 is 13.0 Å². The van der Waals surface area contributed by atoms with E-state index in [4.69, 9.17) is 19.9 Å². The van der Waals surface area contributed by atoms with E-state index in [0.29, 0.717) is 30.4 Å². The number of halogens is 3. The third-order valence-corrected chi connectivity index (χ3v) is 3.41. The van der Waals surface area contributed by atoms with Crippen LogP contribution in [0.3, 0.4) is 0 Å². The van der Waals surface area contributed by atoms with Crippen molar-refractivity contribution in [3.8, 4) is 17.4 Å². The van der Waals surface area contributed by atoms with Crippen LogP contribution in [0.2, 0.25) is 0 Å². The zero-order valence-electron chi connectivity index (χ0n) is 16.2. The van der Waals surface area contributed by atoms with Crippen molar-refractivity contribution in [2.45, 2.75) is 26.8 Å². The van der Waals surface area contributed by atoms with Gasteiger partial charge in [-0.1, -0.05) is 0 Å². The molecule has 0 aliphatic heterocycles. The SMILES string of the molecule is CCOc1ccc(OCC)c(NC(N)=NCc2ccnc(OCC(F)F)c2)c1.I. The highest BCUT2D eigenvalue weighted by molar-refractivity contribution is 14.0. The summed E-state index contributed by atoms with van der Waals surface area (Å²) in [7, 11) is 0. The third kappa shape index (κ3) is 8.67. The van der Waals surface area contributed by atoms with Crippen molar-refractivity contribution >= 4 is 35.6 Å². The number of nitrogens with one attached hydrogen (secondary N) is 1. The molecule has 0 aliphatic rings. The molecule has 1 aromatic heterocycles. The van der Waals surface area contributed by atoms with Gasteiger partial charge >= 0.3 is 0 Å². The third-order valence-electron chi connectivity index (χ3n) is 3.41. The summed E-state index contributed by atoms with van der Waals surface area (Å²) in [6, 6.07) is 8.62. The van der Waals surface area contributed by atoms with Gasteiger partial charge in [0.05, 0.1) is 25.4 Å². The molecule has 0 aliphatic carbocycles. The van der Waals surface area contributed by atoms with E-state index in [9.17, 15) is 8.78 Å². The van der Waals surface area contributed by atoms with Crippen LogP contribution in [0, 0.1) is 0 Å². The van der Waals surface area contributed by atoms with Gasteiger partial charge in [0.25, 0.3) is 6.43 Å². The highest BCUT2D eigenvalue weighted by Gasteiger charge is 2.08. The Labute approximate surface area is 185 Å². The Morgan fingerprint density at radius 2 is 1.90 bits per heavy atom. The topological polar surface area (TPSA) is 91.0 Å². The van der Waals surface area contributed by atoms with Crippen LogP contribution in [0.4, 0.5) is 14.5 Å². The first-order chi connectivity index (χ1) is 13.5. The number of alkyl halides is 2. The lowest BCUT2D eigenvalue weighted by Gasteiger charge is -2.14. The van der Waals surface area contributed by atoms with E-state index >= 15 is 0 Å². The first-order valence-electron chi connectivity index (χ1n) is 8.84. The number of nitrogens with zero attached hydrogens (tertiary/aromatic N) is 2. The predicted molar refractivity (Wildman–Crippen MR) is 119 cm³/mol. The second-order valence-corrected chi connectivity index (χ2v) is 5.55. The normalized spacial score (nSPS) is 11.0. The van der Waals surface area contributed by atoms with Crippen molar-refractivity contribution in [3.63, 3.8) is 0 Å². The van der Waals surface area contributed by atoms with Crippen LogP contribution in [0.5, 0.6) is 17.4 Å². The summed E-state index contributed by atoms with van der Waals surface area (Å²) in [5.41, 5.74) is 7.32. The van der Waals surface area contributed by atoms with Crippen LogP contribution in [0.25, 0.3) is 0 Å². The first-order valence-corrected chi connectivity index (χ1v) is 8.84. The number of aromatic nitrogens is 1. The lowest BCUT2D eigenvalue weighted by molar-refractivity contribution is 0.0795. The molecule has 0 unspecified atom stereocenters. The molecule has 0 saturated heterocycles. The fraction of sp³-hybridized carbons (Fsp3) is 0.368. The number of benzene rings is 1. The number of hydrogen-bond donors (Lipinski definition) is 2. The van der Waals surface area contributed by atoms with Gasteiger partial charge in [0.15, 0.2) is 12.6 Å². The van der Waals surface area contributed by atoms with Gasteiger partial charge in [0, 0.05) is 18.3 Å². The van der Waals surface area contributed by atoms with Gasteiger partial charge in [-0.15, -0.1) is 24.0 Å². The Kier molecular flexibility index (Phi) is 11.0. The quantitative estimate of drug-likeness (QED) is 0.278. The summed E-state index contributed by atoms with van der Waals surface area (Å²) in [4.78, 5) is 8.14. The van der Waals surface area contributed by atoms with Crippen LogP contribution in [-0.2, 0) is 6.54 Å². The minimum absolute atomic E-state index is 0. The molecule has 3 N–H and O–H groups in total. The van der Waals surface area contributed by atoms with Crippen molar-refractivity contribution in [1.82, 2.24) is 4.98 Å². The van der Waals surface area contributed by atoms with Gasteiger partial charge in [0.2, 0.25) is 5.88 Å². The zero-order valence-corrected chi connectivity index (χ0v) is 18.6. The first kappa shape index (κ1) is 24.7. The minimum Gasteiger partial charge on any atom is -0.494 e. The van der Waals surface area contributed by atoms with E-state index in [1.165, 1.54) is 6.20 Å². The number of rotatable bonds is 10. The molecule has 2 aromatic rings. The number of pyridine rings is 1. The maximum Gasteiger partial charge on any atom is 0.272 e. The summed E-state index contributed by atoms with van der Waals surface area (Å²) in [6.45, 7) is 4.33. The van der Waals surface area contributed by atoms with Crippen LogP contribution in [0.15, 0.2) is 41.5 Å². The summed E-state index contributed by atoms with van der Waals surface area (Å²) < 4.78 is 40.4. The van der Waals surface area contributed by atoms with E-state index in [2.05, 4.69) is 15.3 Å². The monoisotopic (exact) mass is 522 g/mol. The van der Waals surface area contributed by atoms with Crippen LogP contribution in [0.1, 0.15) is 19.4 Å². The summed E-state index contributed by atoms with van der Waals surface area (Å²) in [5, 5.41) is 3.00. The number of hydrogen-bond acceptors (Lipinski definition) is 5. The van der Waals surface area contributed by atoms with Gasteiger partial charge in [-0.3, -0.25) is 0 Å². The average Bonchev–Trinajstić information content (AvgIpc) is 2.67. The Morgan fingerprint density at radius 1 is 1.14 bits per heavy atom. The van der Waals surface area contributed by atoms with Crippen LogP contribution >= 0.6 is 24.0 Å². The van der Waals surface area contributed by atoms with Gasteiger partial charge < -0.3 is 25.3 Å². The van der Waals surface area contributed by atoms with Gasteiger partial charge in [-0.2, -0.15) is 0 Å². The predicted octanol–water partition coefficient (Wildman–Crippen LogP) is 4.07. The number of anilines is 1. The fourth-order valence-corrected chi connectivity index (χ4v) is 2.27. The molecule has 1 aromatic carbocycles. The molecular weight excluding hydrogens is 497 g/mol. The van der Waals surface area contributed by atoms with Gasteiger partial charge in [-0.25, -0.2) is 18.8 Å². The molecule has 29 heavy (non-hydrogen) atoms. The summed E-state index contributed by atoms with van der Waals surface area (Å²) >= 11 is 0. The lowest BCUT2D eigenvalue weighted by atomic mass is 10.2. The van der Waals surface area contributed by atoms with E-state index in [1.807, 2.05) is 19.9 Å². The molecule has 7 nitrogen and oxygen atoms in total. The van der Waals surface area contributed by atoms with E-state index in [-0.39, 0.29) is 42.4 Å². The Balaban J connectivity index is 0.00000420. The Bertz CT molecular complexity index is 794. The van der Waals surface area contributed by atoms with Crippen LogP contribution < -0.4 is 25.3 Å². The second-order valence-electron chi connectivity index (χ2n) is 5.55. The summed E-state index contributed by atoms with van der Waals surface area (Å²) in [6.07, 6.45) is -1.09. The standard InChI is InChI=1S/C19H24F2N4O3.HI/c1-3-26-14-5-6-16(27-4-2)15(10-14)25-19(22)24-11-13-7-8-23-18(9-13)28-12-17(20)21;/h5-10,17H,3-4,11-12H2,1-2H3,(H3,22,24,25);1H. The number of aliphatic imine (C=N–C) groups is 1. The average molecular weight is 522 g/mol. The molecule has 0 spiro atoms. The molecule has 10 heteroatoms. The lowest BCUT2D eigenvalue weighted by Crippen LogP contribution is -2.23. The van der Waals surface area contributed by atoms with Crippen molar-refractivity contribution in [2.75, 3.05) is 25.1 Å². The molecule has 0 saturated carbocycles. The smallest absolute Gasteiger partial charge is 0.272 e. The largest absolute Gasteiger partial charge is 0.494 e. The zero-order chi connectivity index (χ0) is 20.4. The van der Waals surface area contributed by atoms with Gasteiger partial charge in [-0.05, 0) is 37.6 Å². The molecule has 0 radical (unpaired) electrons. The highest BCUT2D eigenvalue weighted by atomic mass is 127. The maximum absolute atomic E-state index is 12.2. The van der Waals surface area contributed by atoms with Gasteiger partial charge in [0.1, 0.15) is 11.5 Å². The maximum atomic E-state index is 12.2. The van der Waals surface area contributed by atoms with E-state index in [0.717, 1.165) is 5.56 Å². The Morgan fingerprint density at radius 3 is 2.59 bits per heavy atom. The fourth-order valence-electron chi connectivity index (χ4n) is 2.27. The van der Waals surface area contributed by atoms with Crippen molar-refractivity contribution in [1.29, 1.82) is 0 Å². The summed E-state index contributed by atoms with van der Waals surface area (Å²) in [5.74, 6) is 1.58. The minimum atomic E-state index is -2.56. The molecule has 2 rings (SSSR count). The van der Waals surface area contributed by atoms with E-state index in [1.54, 1.807) is 24.3 Å². The van der Waals surface area contributed by atoms with Crippen LogP contribution in [-0.4, -0.2) is 37.2 Å². The number of ether oxygens (including phenoxy) is 3. The Hall–Kier alpha value is -2.37. The van der Waals surface area contributed by atoms with Crippen molar-refractivity contribution in [2.24, 2.45) is 10.7 Å².